The lowest BCUT2D eigenvalue weighted by Crippen LogP contribution is -2.43. The molecule has 1 fully saturated rings. The third-order valence-electron chi connectivity index (χ3n) is 2.73. The Morgan fingerprint density at radius 1 is 1.55 bits per heavy atom. The molecule has 1 unspecified atom stereocenters. The lowest BCUT2D eigenvalue weighted by molar-refractivity contribution is 0.180. The SMILES string of the molecule is CCCN1CCC(Br)C1(C)C. The molecule has 0 aliphatic carbocycles. The summed E-state index contributed by atoms with van der Waals surface area (Å²) >= 11 is 3.73. The van der Waals surface area contributed by atoms with Gasteiger partial charge in [-0.25, -0.2) is 0 Å². The van der Waals surface area contributed by atoms with Crippen molar-refractivity contribution in [2.45, 2.75) is 44.0 Å². The van der Waals surface area contributed by atoms with Gasteiger partial charge in [-0.3, -0.25) is 4.90 Å². The van der Waals surface area contributed by atoms with Gasteiger partial charge in [0.25, 0.3) is 0 Å². The van der Waals surface area contributed by atoms with Crippen molar-refractivity contribution in [2.24, 2.45) is 0 Å². The number of hydrogen-bond acceptors (Lipinski definition) is 1. The molecule has 0 aromatic carbocycles. The molecule has 1 aliphatic heterocycles. The summed E-state index contributed by atoms with van der Waals surface area (Å²) in [6.45, 7) is 9.41. The topological polar surface area (TPSA) is 3.24 Å². The predicted octanol–water partition coefficient (Wildman–Crippen LogP) is 2.64. The van der Waals surface area contributed by atoms with E-state index in [1.165, 1.54) is 25.9 Å². The Labute approximate surface area is 78.3 Å². The molecule has 0 amide bonds. The van der Waals surface area contributed by atoms with Gasteiger partial charge in [-0.05, 0) is 39.8 Å². The Morgan fingerprint density at radius 2 is 2.18 bits per heavy atom. The molecule has 2 heteroatoms. The second-order valence-corrected chi connectivity index (χ2v) is 5.00. The first kappa shape index (κ1) is 9.53. The molecule has 0 saturated carbocycles. The molecule has 0 aromatic rings. The number of likely N-dealkylation sites (tertiary alicyclic amines) is 1. The van der Waals surface area contributed by atoms with Crippen LogP contribution in [0.3, 0.4) is 0 Å². The van der Waals surface area contributed by atoms with Crippen molar-refractivity contribution in [1.82, 2.24) is 4.90 Å². The van der Waals surface area contributed by atoms with E-state index in [1.807, 2.05) is 0 Å². The third kappa shape index (κ3) is 1.78. The van der Waals surface area contributed by atoms with E-state index in [2.05, 4.69) is 41.6 Å². The lowest BCUT2D eigenvalue weighted by Gasteiger charge is -2.33. The number of alkyl halides is 1. The molecule has 11 heavy (non-hydrogen) atoms. The summed E-state index contributed by atoms with van der Waals surface area (Å²) in [4.78, 5) is 3.26. The number of halogens is 1. The molecular formula is C9H18BrN. The van der Waals surface area contributed by atoms with Crippen molar-refractivity contribution in [1.29, 1.82) is 0 Å². The van der Waals surface area contributed by atoms with Crippen molar-refractivity contribution in [3.8, 4) is 0 Å². The van der Waals surface area contributed by atoms with Gasteiger partial charge in [-0.1, -0.05) is 22.9 Å². The van der Waals surface area contributed by atoms with E-state index in [-0.39, 0.29) is 0 Å². The van der Waals surface area contributed by atoms with Crippen molar-refractivity contribution in [3.63, 3.8) is 0 Å². The molecule has 0 radical (unpaired) electrons. The maximum absolute atomic E-state index is 3.73. The number of nitrogens with zero attached hydrogens (tertiary/aromatic N) is 1. The highest BCUT2D eigenvalue weighted by molar-refractivity contribution is 9.09. The van der Waals surface area contributed by atoms with Gasteiger partial charge in [0.05, 0.1) is 0 Å². The van der Waals surface area contributed by atoms with Gasteiger partial charge in [0, 0.05) is 10.4 Å². The lowest BCUT2D eigenvalue weighted by atomic mass is 10.0. The van der Waals surface area contributed by atoms with Gasteiger partial charge in [0.2, 0.25) is 0 Å². The monoisotopic (exact) mass is 219 g/mol. The molecule has 1 nitrogen and oxygen atoms in total. The van der Waals surface area contributed by atoms with Crippen molar-refractivity contribution < 1.29 is 0 Å². The first-order valence-corrected chi connectivity index (χ1v) is 5.39. The fourth-order valence-corrected chi connectivity index (χ4v) is 2.27. The summed E-state index contributed by atoms with van der Waals surface area (Å²) in [6, 6.07) is 0. The van der Waals surface area contributed by atoms with E-state index in [1.54, 1.807) is 0 Å². The fourth-order valence-electron chi connectivity index (χ4n) is 1.78. The van der Waals surface area contributed by atoms with E-state index >= 15 is 0 Å². The maximum Gasteiger partial charge on any atom is 0.0336 e. The van der Waals surface area contributed by atoms with Gasteiger partial charge in [0.15, 0.2) is 0 Å². The molecule has 1 atom stereocenters. The van der Waals surface area contributed by atoms with E-state index in [9.17, 15) is 0 Å². The van der Waals surface area contributed by atoms with E-state index in [4.69, 9.17) is 0 Å². The maximum atomic E-state index is 3.73. The highest BCUT2D eigenvalue weighted by Crippen LogP contribution is 2.33. The summed E-state index contributed by atoms with van der Waals surface area (Å²) in [5.74, 6) is 0. The fraction of sp³-hybridized carbons (Fsp3) is 1.00. The first-order valence-electron chi connectivity index (χ1n) is 4.48. The zero-order valence-corrected chi connectivity index (χ0v) is 9.32. The van der Waals surface area contributed by atoms with Gasteiger partial charge >= 0.3 is 0 Å². The minimum absolute atomic E-state index is 0.371. The van der Waals surface area contributed by atoms with Crippen LogP contribution in [0.1, 0.15) is 33.6 Å². The quantitative estimate of drug-likeness (QED) is 0.646. The Bertz CT molecular complexity index is 132. The van der Waals surface area contributed by atoms with Gasteiger partial charge in [-0.2, -0.15) is 0 Å². The molecule has 1 saturated heterocycles. The smallest absolute Gasteiger partial charge is 0.0336 e. The van der Waals surface area contributed by atoms with Crippen LogP contribution >= 0.6 is 15.9 Å². The average molecular weight is 220 g/mol. The molecule has 0 aromatic heterocycles. The van der Waals surface area contributed by atoms with Crippen LogP contribution in [-0.2, 0) is 0 Å². The summed E-state index contributed by atoms with van der Waals surface area (Å²) in [5, 5.41) is 0. The van der Waals surface area contributed by atoms with Gasteiger partial charge < -0.3 is 0 Å². The molecular weight excluding hydrogens is 202 g/mol. The van der Waals surface area contributed by atoms with E-state index in [0.29, 0.717) is 10.4 Å². The Kier molecular flexibility index (Phi) is 2.98. The molecule has 1 aliphatic rings. The Balaban J connectivity index is 2.55. The van der Waals surface area contributed by atoms with Crippen LogP contribution in [0.4, 0.5) is 0 Å². The molecule has 0 bridgehead atoms. The molecule has 1 heterocycles. The van der Waals surface area contributed by atoms with Gasteiger partial charge in [0.1, 0.15) is 0 Å². The molecule has 0 spiro atoms. The van der Waals surface area contributed by atoms with Crippen LogP contribution in [0.25, 0.3) is 0 Å². The third-order valence-corrected chi connectivity index (χ3v) is 4.31. The summed E-state index contributed by atoms with van der Waals surface area (Å²) < 4.78 is 0. The summed E-state index contributed by atoms with van der Waals surface area (Å²) in [5.41, 5.74) is 0.371. The van der Waals surface area contributed by atoms with Crippen LogP contribution in [0.15, 0.2) is 0 Å². The average Bonchev–Trinajstić information content (AvgIpc) is 2.16. The minimum Gasteiger partial charge on any atom is -0.297 e. The van der Waals surface area contributed by atoms with E-state index < -0.39 is 0 Å². The summed E-state index contributed by atoms with van der Waals surface area (Å²) in [6.07, 6.45) is 2.57. The van der Waals surface area contributed by atoms with Crippen LogP contribution in [0.5, 0.6) is 0 Å². The Hall–Kier alpha value is 0.440. The largest absolute Gasteiger partial charge is 0.297 e. The standard InChI is InChI=1S/C9H18BrN/c1-4-6-11-7-5-8(10)9(11,2)3/h8H,4-7H2,1-3H3. The van der Waals surface area contributed by atoms with Crippen LogP contribution in [0.2, 0.25) is 0 Å². The zero-order valence-electron chi connectivity index (χ0n) is 7.73. The molecule has 1 rings (SSSR count). The normalized spacial score (nSPS) is 31.1. The molecule has 0 N–H and O–H groups in total. The highest BCUT2D eigenvalue weighted by atomic mass is 79.9. The second-order valence-electron chi connectivity index (χ2n) is 3.90. The zero-order chi connectivity index (χ0) is 8.48. The van der Waals surface area contributed by atoms with Crippen molar-refractivity contribution in [2.75, 3.05) is 13.1 Å². The minimum atomic E-state index is 0.371. The van der Waals surface area contributed by atoms with Gasteiger partial charge in [-0.15, -0.1) is 0 Å². The number of hydrogen-bond donors (Lipinski definition) is 0. The van der Waals surface area contributed by atoms with Crippen LogP contribution < -0.4 is 0 Å². The molecule has 66 valence electrons. The highest BCUT2D eigenvalue weighted by Gasteiger charge is 2.38. The number of rotatable bonds is 2. The van der Waals surface area contributed by atoms with Crippen molar-refractivity contribution >= 4 is 15.9 Å². The van der Waals surface area contributed by atoms with Crippen LogP contribution in [0, 0.1) is 0 Å². The second kappa shape index (κ2) is 3.44. The first-order chi connectivity index (χ1) is 5.09. The predicted molar refractivity (Wildman–Crippen MR) is 53.3 cm³/mol. The Morgan fingerprint density at radius 3 is 2.55 bits per heavy atom. The van der Waals surface area contributed by atoms with E-state index in [0.717, 1.165) is 0 Å². The van der Waals surface area contributed by atoms with Crippen molar-refractivity contribution in [3.05, 3.63) is 0 Å². The van der Waals surface area contributed by atoms with Crippen LogP contribution in [-0.4, -0.2) is 28.4 Å². The summed E-state index contributed by atoms with van der Waals surface area (Å²) in [7, 11) is 0.